The Hall–Kier alpha value is -2.60. The van der Waals surface area contributed by atoms with Crippen LogP contribution in [0.4, 0.5) is 5.13 Å². The van der Waals surface area contributed by atoms with E-state index in [0.29, 0.717) is 16.6 Å². The Labute approximate surface area is 150 Å². The van der Waals surface area contributed by atoms with E-state index in [1.54, 1.807) is 26.2 Å². The standard InChI is InChI=1S/C19H20N2O3S/c1-11-8-12(2)17-16(9-11)25-19(20-17)21-18(22)13(3)24-15-7-5-6-14(10-15)23-4/h5-10,13H,1-4H3,(H,20,21,22). The zero-order valence-corrected chi connectivity index (χ0v) is 15.4. The molecule has 3 rings (SSSR count). The van der Waals surface area contributed by atoms with Gasteiger partial charge in [-0.25, -0.2) is 4.98 Å². The van der Waals surface area contributed by atoms with Crippen LogP contribution in [-0.4, -0.2) is 24.1 Å². The zero-order valence-electron chi connectivity index (χ0n) is 14.6. The smallest absolute Gasteiger partial charge is 0.266 e. The summed E-state index contributed by atoms with van der Waals surface area (Å²) in [5.74, 6) is 1.02. The van der Waals surface area contributed by atoms with Crippen LogP contribution in [0, 0.1) is 13.8 Å². The molecular formula is C19H20N2O3S. The molecule has 0 saturated carbocycles. The van der Waals surface area contributed by atoms with Crippen molar-refractivity contribution in [3.05, 3.63) is 47.5 Å². The van der Waals surface area contributed by atoms with E-state index in [1.807, 2.05) is 19.1 Å². The van der Waals surface area contributed by atoms with Crippen molar-refractivity contribution in [2.24, 2.45) is 0 Å². The zero-order chi connectivity index (χ0) is 18.0. The Kier molecular flexibility index (Phi) is 4.90. The lowest BCUT2D eigenvalue weighted by atomic mass is 10.1. The summed E-state index contributed by atoms with van der Waals surface area (Å²) in [4.78, 5) is 16.9. The average Bonchev–Trinajstić information content (AvgIpc) is 2.97. The van der Waals surface area contributed by atoms with Crippen molar-refractivity contribution >= 4 is 32.6 Å². The van der Waals surface area contributed by atoms with Gasteiger partial charge in [0.15, 0.2) is 11.2 Å². The molecule has 0 aliphatic carbocycles. The van der Waals surface area contributed by atoms with Gasteiger partial charge in [-0.15, -0.1) is 0 Å². The minimum atomic E-state index is -0.651. The molecule has 25 heavy (non-hydrogen) atoms. The van der Waals surface area contributed by atoms with Crippen LogP contribution in [0.15, 0.2) is 36.4 Å². The minimum Gasteiger partial charge on any atom is -0.497 e. The lowest BCUT2D eigenvalue weighted by molar-refractivity contribution is -0.122. The van der Waals surface area contributed by atoms with E-state index in [2.05, 4.69) is 29.4 Å². The third kappa shape index (κ3) is 3.91. The maximum atomic E-state index is 12.4. The Morgan fingerprint density at radius 2 is 1.96 bits per heavy atom. The summed E-state index contributed by atoms with van der Waals surface area (Å²) in [6.07, 6.45) is -0.651. The summed E-state index contributed by atoms with van der Waals surface area (Å²) in [6, 6.07) is 11.3. The molecule has 6 heteroatoms. The van der Waals surface area contributed by atoms with Crippen LogP contribution in [0.3, 0.4) is 0 Å². The predicted octanol–water partition coefficient (Wildman–Crippen LogP) is 4.33. The van der Waals surface area contributed by atoms with E-state index >= 15 is 0 Å². The first-order valence-electron chi connectivity index (χ1n) is 7.95. The molecule has 2 aromatic carbocycles. The normalized spacial score (nSPS) is 12.0. The molecule has 0 fully saturated rings. The molecule has 0 radical (unpaired) electrons. The van der Waals surface area contributed by atoms with Gasteiger partial charge in [0.1, 0.15) is 11.5 Å². The molecule has 1 aromatic heterocycles. The second-order valence-corrected chi connectivity index (χ2v) is 6.91. The van der Waals surface area contributed by atoms with Crippen molar-refractivity contribution < 1.29 is 14.3 Å². The third-order valence-corrected chi connectivity index (χ3v) is 4.70. The fourth-order valence-corrected chi connectivity index (χ4v) is 3.61. The van der Waals surface area contributed by atoms with Gasteiger partial charge in [0.05, 0.1) is 17.3 Å². The molecule has 0 aliphatic heterocycles. The lowest BCUT2D eigenvalue weighted by Gasteiger charge is -2.14. The molecule has 0 saturated heterocycles. The number of anilines is 1. The average molecular weight is 356 g/mol. The fraction of sp³-hybridized carbons (Fsp3) is 0.263. The number of thiazole rings is 1. The van der Waals surface area contributed by atoms with E-state index in [-0.39, 0.29) is 5.91 Å². The highest BCUT2D eigenvalue weighted by molar-refractivity contribution is 7.22. The number of ether oxygens (including phenoxy) is 2. The molecule has 1 amide bonds. The highest BCUT2D eigenvalue weighted by atomic mass is 32.1. The number of fused-ring (bicyclic) bond motifs is 1. The number of hydrogen-bond acceptors (Lipinski definition) is 5. The molecule has 1 atom stereocenters. The lowest BCUT2D eigenvalue weighted by Crippen LogP contribution is -2.30. The van der Waals surface area contributed by atoms with Crippen molar-refractivity contribution in [2.45, 2.75) is 26.9 Å². The van der Waals surface area contributed by atoms with Gasteiger partial charge in [0.2, 0.25) is 0 Å². The highest BCUT2D eigenvalue weighted by Gasteiger charge is 2.17. The minimum absolute atomic E-state index is 0.240. The number of aryl methyl sites for hydroxylation is 2. The molecule has 5 nitrogen and oxygen atoms in total. The SMILES string of the molecule is COc1cccc(OC(C)C(=O)Nc2nc3c(C)cc(C)cc3s2)c1. The number of methoxy groups -OCH3 is 1. The van der Waals surface area contributed by atoms with Gasteiger partial charge in [-0.1, -0.05) is 23.5 Å². The van der Waals surface area contributed by atoms with Crippen molar-refractivity contribution in [3.8, 4) is 11.5 Å². The number of nitrogens with one attached hydrogen (secondary N) is 1. The van der Waals surface area contributed by atoms with Gasteiger partial charge in [-0.2, -0.15) is 0 Å². The van der Waals surface area contributed by atoms with Gasteiger partial charge in [0.25, 0.3) is 5.91 Å². The van der Waals surface area contributed by atoms with E-state index < -0.39 is 6.10 Å². The number of hydrogen-bond donors (Lipinski definition) is 1. The number of nitrogens with zero attached hydrogens (tertiary/aromatic N) is 1. The largest absolute Gasteiger partial charge is 0.497 e. The molecule has 1 heterocycles. The molecule has 0 bridgehead atoms. The molecule has 1 unspecified atom stereocenters. The van der Waals surface area contributed by atoms with E-state index in [9.17, 15) is 4.79 Å². The quantitative estimate of drug-likeness (QED) is 0.739. The van der Waals surface area contributed by atoms with E-state index in [0.717, 1.165) is 15.8 Å². The van der Waals surface area contributed by atoms with Crippen LogP contribution in [0.1, 0.15) is 18.1 Å². The van der Waals surface area contributed by atoms with Gasteiger partial charge in [0, 0.05) is 6.07 Å². The summed E-state index contributed by atoms with van der Waals surface area (Å²) in [5.41, 5.74) is 3.21. The number of benzene rings is 2. The first-order valence-corrected chi connectivity index (χ1v) is 8.77. The Morgan fingerprint density at radius 1 is 1.20 bits per heavy atom. The maximum Gasteiger partial charge on any atom is 0.266 e. The van der Waals surface area contributed by atoms with Gasteiger partial charge < -0.3 is 9.47 Å². The van der Waals surface area contributed by atoms with Crippen molar-refractivity contribution in [3.63, 3.8) is 0 Å². The van der Waals surface area contributed by atoms with Crippen LogP contribution in [0.5, 0.6) is 11.5 Å². The van der Waals surface area contributed by atoms with Crippen molar-refractivity contribution in [1.29, 1.82) is 0 Å². The summed E-state index contributed by atoms with van der Waals surface area (Å²) in [6.45, 7) is 5.78. The van der Waals surface area contributed by atoms with E-state index in [1.165, 1.54) is 16.9 Å². The number of carbonyl (C=O) groups is 1. The summed E-state index contributed by atoms with van der Waals surface area (Å²) < 4.78 is 11.9. The first kappa shape index (κ1) is 17.2. The number of carbonyl (C=O) groups excluding carboxylic acids is 1. The van der Waals surface area contributed by atoms with Crippen LogP contribution in [0.25, 0.3) is 10.2 Å². The van der Waals surface area contributed by atoms with Crippen molar-refractivity contribution in [2.75, 3.05) is 12.4 Å². The molecule has 0 aliphatic rings. The Bertz CT molecular complexity index is 920. The molecule has 130 valence electrons. The second-order valence-electron chi connectivity index (χ2n) is 5.88. The predicted molar refractivity (Wildman–Crippen MR) is 101 cm³/mol. The fourth-order valence-electron chi connectivity index (χ4n) is 2.56. The molecule has 0 spiro atoms. The number of amides is 1. The monoisotopic (exact) mass is 356 g/mol. The molecular weight excluding hydrogens is 336 g/mol. The number of rotatable bonds is 5. The van der Waals surface area contributed by atoms with Gasteiger partial charge >= 0.3 is 0 Å². The summed E-state index contributed by atoms with van der Waals surface area (Å²) in [7, 11) is 1.59. The van der Waals surface area contributed by atoms with Gasteiger partial charge in [-0.05, 0) is 50.1 Å². The van der Waals surface area contributed by atoms with Crippen LogP contribution >= 0.6 is 11.3 Å². The summed E-state index contributed by atoms with van der Waals surface area (Å²) >= 11 is 1.47. The topological polar surface area (TPSA) is 60.5 Å². The highest BCUT2D eigenvalue weighted by Crippen LogP contribution is 2.29. The van der Waals surface area contributed by atoms with Crippen LogP contribution in [-0.2, 0) is 4.79 Å². The first-order chi connectivity index (χ1) is 12.0. The van der Waals surface area contributed by atoms with E-state index in [4.69, 9.17) is 9.47 Å². The maximum absolute atomic E-state index is 12.4. The number of aromatic nitrogens is 1. The Morgan fingerprint density at radius 3 is 2.72 bits per heavy atom. The van der Waals surface area contributed by atoms with Crippen molar-refractivity contribution in [1.82, 2.24) is 4.98 Å². The van der Waals surface area contributed by atoms with Crippen LogP contribution < -0.4 is 14.8 Å². The summed E-state index contributed by atoms with van der Waals surface area (Å²) in [5, 5.41) is 3.42. The molecule has 3 aromatic rings. The van der Waals surface area contributed by atoms with Gasteiger partial charge in [-0.3, -0.25) is 10.1 Å². The Balaban J connectivity index is 1.71. The van der Waals surface area contributed by atoms with Crippen LogP contribution in [0.2, 0.25) is 0 Å². The second kappa shape index (κ2) is 7.11. The third-order valence-electron chi connectivity index (χ3n) is 3.78. The molecule has 1 N–H and O–H groups in total.